The Morgan fingerprint density at radius 3 is 2.36 bits per heavy atom. The van der Waals surface area contributed by atoms with E-state index in [0.717, 1.165) is 23.4 Å². The molecule has 0 spiro atoms. The van der Waals surface area contributed by atoms with Crippen LogP contribution in [0.3, 0.4) is 0 Å². The van der Waals surface area contributed by atoms with E-state index < -0.39 is 6.10 Å². The van der Waals surface area contributed by atoms with E-state index in [2.05, 4.69) is 25.2 Å². The fraction of sp³-hybridized carbons (Fsp3) is 0.316. The zero-order valence-electron chi connectivity index (χ0n) is 13.4. The van der Waals surface area contributed by atoms with Crippen molar-refractivity contribution in [3.05, 3.63) is 60.2 Å². The van der Waals surface area contributed by atoms with Gasteiger partial charge in [0, 0.05) is 5.69 Å². The minimum Gasteiger partial charge on any atom is -0.481 e. The molecule has 2 atom stereocenters. The lowest BCUT2D eigenvalue weighted by molar-refractivity contribution is -0.122. The lowest BCUT2D eigenvalue weighted by Gasteiger charge is -2.19. The van der Waals surface area contributed by atoms with Crippen LogP contribution in [0.4, 0.5) is 5.69 Å². The number of hydrogen-bond acceptors (Lipinski definition) is 2. The van der Waals surface area contributed by atoms with Crippen LogP contribution in [0.5, 0.6) is 5.75 Å². The third-order valence-electron chi connectivity index (χ3n) is 3.78. The first-order valence-corrected chi connectivity index (χ1v) is 7.73. The number of para-hydroxylation sites is 2. The second-order valence-corrected chi connectivity index (χ2v) is 5.46. The molecule has 1 amide bonds. The second kappa shape index (κ2) is 7.64. The van der Waals surface area contributed by atoms with Crippen LogP contribution in [0.15, 0.2) is 54.6 Å². The minimum atomic E-state index is -0.551. The smallest absolute Gasteiger partial charge is 0.265 e. The van der Waals surface area contributed by atoms with Crippen molar-refractivity contribution in [2.75, 3.05) is 5.32 Å². The van der Waals surface area contributed by atoms with Crippen LogP contribution in [-0.2, 0) is 4.79 Å². The molecule has 0 aromatic heterocycles. The van der Waals surface area contributed by atoms with E-state index in [1.807, 2.05) is 48.5 Å². The fourth-order valence-corrected chi connectivity index (χ4v) is 2.22. The summed E-state index contributed by atoms with van der Waals surface area (Å²) >= 11 is 0. The van der Waals surface area contributed by atoms with Gasteiger partial charge in [-0.25, -0.2) is 0 Å². The van der Waals surface area contributed by atoms with Gasteiger partial charge >= 0.3 is 0 Å². The van der Waals surface area contributed by atoms with Gasteiger partial charge in [-0.1, -0.05) is 50.2 Å². The lowest BCUT2D eigenvalue weighted by Crippen LogP contribution is -2.30. The standard InChI is InChI=1S/C19H23NO2/c1-4-14(2)17-12-8-9-13-18(17)22-15(3)19(21)20-16-10-6-5-7-11-16/h5-15H,4H2,1-3H3,(H,20,21). The van der Waals surface area contributed by atoms with Gasteiger partial charge < -0.3 is 10.1 Å². The first kappa shape index (κ1) is 16.1. The van der Waals surface area contributed by atoms with E-state index in [-0.39, 0.29) is 5.91 Å². The number of rotatable bonds is 6. The van der Waals surface area contributed by atoms with Crippen molar-refractivity contribution in [1.29, 1.82) is 0 Å². The maximum absolute atomic E-state index is 12.2. The van der Waals surface area contributed by atoms with Gasteiger partial charge in [-0.05, 0) is 43.0 Å². The van der Waals surface area contributed by atoms with Gasteiger partial charge in [0.25, 0.3) is 5.91 Å². The Hall–Kier alpha value is -2.29. The van der Waals surface area contributed by atoms with Crippen LogP contribution in [0.25, 0.3) is 0 Å². The Morgan fingerprint density at radius 2 is 1.68 bits per heavy atom. The van der Waals surface area contributed by atoms with Crippen molar-refractivity contribution in [2.24, 2.45) is 0 Å². The highest BCUT2D eigenvalue weighted by Gasteiger charge is 2.17. The average molecular weight is 297 g/mol. The number of amides is 1. The molecule has 2 aromatic rings. The first-order chi connectivity index (χ1) is 10.6. The molecule has 3 heteroatoms. The molecule has 2 unspecified atom stereocenters. The molecule has 1 N–H and O–H groups in total. The number of anilines is 1. The van der Waals surface area contributed by atoms with Gasteiger partial charge in [0.15, 0.2) is 6.10 Å². The molecule has 2 rings (SSSR count). The summed E-state index contributed by atoms with van der Waals surface area (Å²) in [7, 11) is 0. The summed E-state index contributed by atoms with van der Waals surface area (Å²) in [6, 6.07) is 17.3. The van der Waals surface area contributed by atoms with Gasteiger partial charge in [0.05, 0.1) is 0 Å². The molecule has 0 radical (unpaired) electrons. The van der Waals surface area contributed by atoms with E-state index in [4.69, 9.17) is 4.74 Å². The molecule has 0 aliphatic carbocycles. The molecule has 0 aliphatic heterocycles. The van der Waals surface area contributed by atoms with E-state index in [0.29, 0.717) is 5.92 Å². The normalized spacial score (nSPS) is 13.2. The Bertz CT molecular complexity index is 610. The predicted octanol–water partition coefficient (Wildman–Crippen LogP) is 4.61. The van der Waals surface area contributed by atoms with Gasteiger partial charge in [-0.2, -0.15) is 0 Å². The molecule has 0 saturated carbocycles. The summed E-state index contributed by atoms with van der Waals surface area (Å²) in [5, 5.41) is 2.86. The van der Waals surface area contributed by atoms with Gasteiger partial charge in [-0.3, -0.25) is 4.79 Å². The Balaban J connectivity index is 2.05. The zero-order valence-corrected chi connectivity index (χ0v) is 13.4. The van der Waals surface area contributed by atoms with Gasteiger partial charge in [0.1, 0.15) is 5.75 Å². The summed E-state index contributed by atoms with van der Waals surface area (Å²) in [4.78, 5) is 12.2. The molecule has 0 heterocycles. The van der Waals surface area contributed by atoms with Crippen molar-refractivity contribution in [3.63, 3.8) is 0 Å². The fourth-order valence-electron chi connectivity index (χ4n) is 2.22. The predicted molar refractivity (Wildman–Crippen MR) is 90.3 cm³/mol. The van der Waals surface area contributed by atoms with Gasteiger partial charge in [-0.15, -0.1) is 0 Å². The van der Waals surface area contributed by atoms with Crippen LogP contribution in [0, 0.1) is 0 Å². The molecule has 2 aromatic carbocycles. The first-order valence-electron chi connectivity index (χ1n) is 7.73. The molecule has 116 valence electrons. The number of nitrogens with one attached hydrogen (secondary N) is 1. The number of carbonyl (C=O) groups excluding carboxylic acids is 1. The van der Waals surface area contributed by atoms with Crippen molar-refractivity contribution >= 4 is 11.6 Å². The number of carbonyl (C=O) groups is 1. The monoisotopic (exact) mass is 297 g/mol. The van der Waals surface area contributed by atoms with Crippen molar-refractivity contribution in [2.45, 2.75) is 39.2 Å². The van der Waals surface area contributed by atoms with E-state index >= 15 is 0 Å². The average Bonchev–Trinajstić information content (AvgIpc) is 2.55. The molecule has 0 fully saturated rings. The van der Waals surface area contributed by atoms with E-state index in [1.54, 1.807) is 6.92 Å². The number of ether oxygens (including phenoxy) is 1. The largest absolute Gasteiger partial charge is 0.481 e. The summed E-state index contributed by atoms with van der Waals surface area (Å²) in [5.41, 5.74) is 1.92. The van der Waals surface area contributed by atoms with E-state index in [1.165, 1.54) is 0 Å². The van der Waals surface area contributed by atoms with Crippen molar-refractivity contribution in [1.82, 2.24) is 0 Å². The highest BCUT2D eigenvalue weighted by atomic mass is 16.5. The number of hydrogen-bond donors (Lipinski definition) is 1. The Kier molecular flexibility index (Phi) is 5.59. The lowest BCUT2D eigenvalue weighted by atomic mass is 9.98. The molecule has 0 aliphatic rings. The number of benzene rings is 2. The van der Waals surface area contributed by atoms with E-state index in [9.17, 15) is 4.79 Å². The third kappa shape index (κ3) is 4.10. The highest BCUT2D eigenvalue weighted by Crippen LogP contribution is 2.29. The zero-order chi connectivity index (χ0) is 15.9. The van der Waals surface area contributed by atoms with Gasteiger partial charge in [0.2, 0.25) is 0 Å². The highest BCUT2D eigenvalue weighted by molar-refractivity contribution is 5.94. The van der Waals surface area contributed by atoms with Crippen molar-refractivity contribution < 1.29 is 9.53 Å². The van der Waals surface area contributed by atoms with Crippen LogP contribution < -0.4 is 10.1 Å². The van der Waals surface area contributed by atoms with Crippen LogP contribution in [0.2, 0.25) is 0 Å². The van der Waals surface area contributed by atoms with Crippen LogP contribution in [-0.4, -0.2) is 12.0 Å². The quantitative estimate of drug-likeness (QED) is 0.845. The van der Waals surface area contributed by atoms with Crippen molar-refractivity contribution in [3.8, 4) is 5.75 Å². The van der Waals surface area contributed by atoms with Crippen LogP contribution >= 0.6 is 0 Å². The topological polar surface area (TPSA) is 38.3 Å². The molecule has 3 nitrogen and oxygen atoms in total. The molecule has 0 bridgehead atoms. The Morgan fingerprint density at radius 1 is 1.05 bits per heavy atom. The molecule has 0 saturated heterocycles. The SMILES string of the molecule is CCC(C)c1ccccc1OC(C)C(=O)Nc1ccccc1. The molecular formula is C19H23NO2. The third-order valence-corrected chi connectivity index (χ3v) is 3.78. The Labute approximate surface area is 132 Å². The maximum atomic E-state index is 12.2. The maximum Gasteiger partial charge on any atom is 0.265 e. The summed E-state index contributed by atoms with van der Waals surface area (Å²) in [6.07, 6.45) is 0.482. The molecular weight excluding hydrogens is 274 g/mol. The van der Waals surface area contributed by atoms with Crippen LogP contribution in [0.1, 0.15) is 38.7 Å². The summed E-state index contributed by atoms with van der Waals surface area (Å²) < 4.78 is 5.89. The summed E-state index contributed by atoms with van der Waals surface area (Å²) in [6.45, 7) is 6.08. The summed E-state index contributed by atoms with van der Waals surface area (Å²) in [5.74, 6) is 1.04. The minimum absolute atomic E-state index is 0.148. The second-order valence-electron chi connectivity index (χ2n) is 5.46. The molecule has 22 heavy (non-hydrogen) atoms.